The summed E-state index contributed by atoms with van der Waals surface area (Å²) in [7, 11) is -4.00. The molecule has 1 aromatic carbocycles. The van der Waals surface area contributed by atoms with Crippen molar-refractivity contribution in [3.63, 3.8) is 0 Å². The molecular formula is C13H16FNO4S. The molecule has 7 heteroatoms. The van der Waals surface area contributed by atoms with Crippen LogP contribution in [0.1, 0.15) is 35.2 Å². The van der Waals surface area contributed by atoms with E-state index in [1.807, 2.05) is 0 Å². The molecular weight excluding hydrogens is 285 g/mol. The number of halogens is 1. The zero-order chi connectivity index (χ0) is 14.9. The maximum absolute atomic E-state index is 13.9. The van der Waals surface area contributed by atoms with Gasteiger partial charge in [-0.1, -0.05) is 12.8 Å². The number of hydrogen-bond donors (Lipinski definition) is 1. The molecule has 2 N–H and O–H groups in total. The maximum Gasteiger partial charge on any atom is 0.341 e. The minimum absolute atomic E-state index is 0.0330. The van der Waals surface area contributed by atoms with E-state index in [-0.39, 0.29) is 17.1 Å². The smallest absolute Gasteiger partial charge is 0.341 e. The van der Waals surface area contributed by atoms with Crippen LogP contribution in [0.4, 0.5) is 4.39 Å². The third-order valence-corrected chi connectivity index (χ3v) is 4.13. The minimum Gasteiger partial charge on any atom is -0.462 e. The summed E-state index contributed by atoms with van der Waals surface area (Å²) in [5.74, 6) is -1.06. The second kappa shape index (κ2) is 5.49. The normalized spacial score (nSPS) is 15.2. The maximum atomic E-state index is 13.9. The lowest BCUT2D eigenvalue weighted by Gasteiger charge is -2.09. The second-order valence-corrected chi connectivity index (χ2v) is 6.58. The first-order valence-corrected chi connectivity index (χ1v) is 7.83. The first-order chi connectivity index (χ1) is 9.29. The quantitative estimate of drug-likeness (QED) is 0.839. The minimum atomic E-state index is -4.00. The van der Waals surface area contributed by atoms with Crippen LogP contribution in [0.2, 0.25) is 0 Å². The summed E-state index contributed by atoms with van der Waals surface area (Å²) in [6.45, 7) is 1.58. The lowest BCUT2D eigenvalue weighted by molar-refractivity contribution is 0.0489. The topological polar surface area (TPSA) is 86.5 Å². The molecule has 1 fully saturated rings. The molecule has 0 radical (unpaired) electrons. The molecule has 1 aromatic rings. The molecule has 0 bridgehead atoms. The number of rotatable bonds is 5. The van der Waals surface area contributed by atoms with Crippen molar-refractivity contribution in [2.75, 3.05) is 6.61 Å². The molecule has 110 valence electrons. The number of hydrogen-bond acceptors (Lipinski definition) is 4. The monoisotopic (exact) mass is 301 g/mol. The van der Waals surface area contributed by atoms with Crippen molar-refractivity contribution < 1.29 is 22.3 Å². The fourth-order valence-electron chi connectivity index (χ4n) is 1.85. The number of primary sulfonamides is 1. The number of sulfonamides is 1. The van der Waals surface area contributed by atoms with E-state index >= 15 is 0 Å². The van der Waals surface area contributed by atoms with E-state index in [9.17, 15) is 17.6 Å². The van der Waals surface area contributed by atoms with Crippen molar-refractivity contribution in [1.29, 1.82) is 0 Å². The molecule has 0 unspecified atom stereocenters. The Bertz CT molecular complexity index is 638. The summed E-state index contributed by atoms with van der Waals surface area (Å²) >= 11 is 0. The highest BCUT2D eigenvalue weighted by molar-refractivity contribution is 7.89. The van der Waals surface area contributed by atoms with Gasteiger partial charge in [-0.25, -0.2) is 22.7 Å². The lowest BCUT2D eigenvalue weighted by atomic mass is 10.1. The molecule has 1 aliphatic carbocycles. The molecule has 0 spiro atoms. The summed E-state index contributed by atoms with van der Waals surface area (Å²) < 4.78 is 41.4. The molecule has 0 atom stereocenters. The summed E-state index contributed by atoms with van der Waals surface area (Å²) in [4.78, 5) is 11.5. The van der Waals surface area contributed by atoms with Gasteiger partial charge >= 0.3 is 5.97 Å². The van der Waals surface area contributed by atoms with E-state index in [2.05, 4.69) is 0 Å². The molecule has 1 aliphatic rings. The Morgan fingerprint density at radius 1 is 1.45 bits per heavy atom. The van der Waals surface area contributed by atoms with Gasteiger partial charge in [0.2, 0.25) is 10.0 Å². The van der Waals surface area contributed by atoms with Crippen LogP contribution in [-0.2, 0) is 14.8 Å². The Hall–Kier alpha value is -1.47. The Kier molecular flexibility index (Phi) is 4.10. The van der Waals surface area contributed by atoms with Gasteiger partial charge in [-0.2, -0.15) is 0 Å². The second-order valence-electron chi connectivity index (χ2n) is 5.01. The van der Waals surface area contributed by atoms with Crippen molar-refractivity contribution in [2.45, 2.75) is 31.1 Å². The highest BCUT2D eigenvalue weighted by Crippen LogP contribution is 2.32. The summed E-state index contributed by atoms with van der Waals surface area (Å²) in [5, 5.41) is 4.99. The number of carbonyl (C=O) groups excluding carboxylic acids is 1. The number of benzene rings is 1. The largest absolute Gasteiger partial charge is 0.462 e. The van der Waals surface area contributed by atoms with E-state index < -0.39 is 27.4 Å². The molecule has 2 rings (SSSR count). The van der Waals surface area contributed by atoms with Gasteiger partial charge < -0.3 is 4.74 Å². The van der Waals surface area contributed by atoms with Gasteiger partial charge in [0.05, 0.1) is 17.1 Å². The van der Waals surface area contributed by atoms with Crippen LogP contribution in [0.5, 0.6) is 0 Å². The fraction of sp³-hybridized carbons (Fsp3) is 0.462. The van der Waals surface area contributed by atoms with Crippen LogP contribution in [0.15, 0.2) is 17.0 Å². The SMILES string of the molecule is Cc1cc(S(N)(=O)=O)cc(C(=O)OCCC2CC2)c1F. The van der Waals surface area contributed by atoms with Gasteiger partial charge in [-0.05, 0) is 37.0 Å². The van der Waals surface area contributed by atoms with Crippen LogP contribution in [0, 0.1) is 18.7 Å². The summed E-state index contributed by atoms with van der Waals surface area (Å²) in [6.07, 6.45) is 3.01. The van der Waals surface area contributed by atoms with Crippen LogP contribution in [0.3, 0.4) is 0 Å². The Morgan fingerprint density at radius 3 is 2.65 bits per heavy atom. The number of ether oxygens (including phenoxy) is 1. The van der Waals surface area contributed by atoms with Crippen LogP contribution in [-0.4, -0.2) is 21.0 Å². The third-order valence-electron chi connectivity index (χ3n) is 3.23. The van der Waals surface area contributed by atoms with E-state index in [1.54, 1.807) is 0 Å². The molecule has 0 aliphatic heterocycles. The van der Waals surface area contributed by atoms with E-state index in [0.717, 1.165) is 31.4 Å². The first kappa shape index (κ1) is 14.9. The van der Waals surface area contributed by atoms with Crippen LogP contribution >= 0.6 is 0 Å². The standard InChI is InChI=1S/C13H16FNO4S/c1-8-6-10(20(15,17)18)7-11(12(8)14)13(16)19-5-4-9-2-3-9/h6-7,9H,2-5H2,1H3,(H2,15,17,18). The number of carbonyl (C=O) groups is 1. The number of aryl methyl sites for hydroxylation is 1. The molecule has 1 saturated carbocycles. The van der Waals surface area contributed by atoms with Crippen LogP contribution < -0.4 is 5.14 Å². The predicted molar refractivity (Wildman–Crippen MR) is 70.1 cm³/mol. The van der Waals surface area contributed by atoms with Crippen LogP contribution in [0.25, 0.3) is 0 Å². The molecule has 5 nitrogen and oxygen atoms in total. The summed E-state index contributed by atoms with van der Waals surface area (Å²) in [5.41, 5.74) is -0.365. The highest BCUT2D eigenvalue weighted by Gasteiger charge is 2.23. The van der Waals surface area contributed by atoms with Gasteiger partial charge in [0.25, 0.3) is 0 Å². The molecule has 0 amide bonds. The lowest BCUT2D eigenvalue weighted by Crippen LogP contribution is -2.16. The average molecular weight is 301 g/mol. The molecule has 0 saturated heterocycles. The van der Waals surface area contributed by atoms with Crippen molar-refractivity contribution in [1.82, 2.24) is 0 Å². The van der Waals surface area contributed by atoms with Gasteiger partial charge in [0.1, 0.15) is 5.82 Å². The zero-order valence-corrected chi connectivity index (χ0v) is 11.9. The van der Waals surface area contributed by atoms with Crippen molar-refractivity contribution in [3.05, 3.63) is 29.1 Å². The van der Waals surface area contributed by atoms with Gasteiger partial charge in [-0.15, -0.1) is 0 Å². The predicted octanol–water partition coefficient (Wildman–Crippen LogP) is 1.74. The van der Waals surface area contributed by atoms with Gasteiger partial charge in [0.15, 0.2) is 0 Å². The van der Waals surface area contributed by atoms with E-state index in [0.29, 0.717) is 5.92 Å². The average Bonchev–Trinajstić information content (AvgIpc) is 3.15. The van der Waals surface area contributed by atoms with Gasteiger partial charge in [-0.3, -0.25) is 0 Å². The number of esters is 1. The van der Waals surface area contributed by atoms with Crippen molar-refractivity contribution in [2.24, 2.45) is 11.1 Å². The highest BCUT2D eigenvalue weighted by atomic mass is 32.2. The molecule has 0 aromatic heterocycles. The van der Waals surface area contributed by atoms with E-state index in [1.165, 1.54) is 6.92 Å². The molecule has 20 heavy (non-hydrogen) atoms. The van der Waals surface area contributed by atoms with E-state index in [4.69, 9.17) is 9.88 Å². The Morgan fingerprint density at radius 2 is 2.10 bits per heavy atom. The van der Waals surface area contributed by atoms with Crippen molar-refractivity contribution in [3.8, 4) is 0 Å². The first-order valence-electron chi connectivity index (χ1n) is 6.29. The van der Waals surface area contributed by atoms with Crippen molar-refractivity contribution >= 4 is 16.0 Å². The summed E-state index contributed by atoms with van der Waals surface area (Å²) in [6, 6.07) is 2.00. The fourth-order valence-corrected chi connectivity index (χ4v) is 2.47. The Balaban J connectivity index is 2.20. The zero-order valence-electron chi connectivity index (χ0n) is 11.1. The van der Waals surface area contributed by atoms with Gasteiger partial charge in [0, 0.05) is 0 Å². The number of nitrogens with two attached hydrogens (primary N) is 1. The third kappa shape index (κ3) is 3.55. The molecule has 0 heterocycles. The Labute approximate surface area is 117 Å².